The number of benzene rings is 2. The summed E-state index contributed by atoms with van der Waals surface area (Å²) < 4.78 is 9.21. The Morgan fingerprint density at radius 2 is 1.41 bits per heavy atom. The maximum absolute atomic E-state index is 11.2. The number of carbonyl (C=O) groups excluding carboxylic acids is 2. The number of methoxy groups -OCH3 is 2. The average molecular weight is 479 g/mol. The molecule has 0 radical (unpaired) electrons. The molecule has 4 N–H and O–H groups in total. The zero-order chi connectivity index (χ0) is 24.3. The molecule has 6 nitrogen and oxygen atoms in total. The van der Waals surface area contributed by atoms with Crippen molar-refractivity contribution < 1.29 is 19.1 Å². The lowest BCUT2D eigenvalue weighted by Crippen LogP contribution is -2.01. The van der Waals surface area contributed by atoms with Gasteiger partial charge in [0.25, 0.3) is 0 Å². The molecule has 0 heterocycles. The van der Waals surface area contributed by atoms with Gasteiger partial charge < -0.3 is 20.9 Å². The SMILES string of the molecule is CC=C(CC(=O)OC)c1ccc(Cl)c(N)c1.CCC(=CC(=O)OC)c1ccc(Cl)c(N)c1. The first-order valence-electron chi connectivity index (χ1n) is 9.78. The Kier molecular flexibility index (Phi) is 11.4. The molecule has 0 aliphatic carbocycles. The van der Waals surface area contributed by atoms with E-state index in [1.165, 1.54) is 20.3 Å². The summed E-state index contributed by atoms with van der Waals surface area (Å²) in [5, 5.41) is 1.02. The summed E-state index contributed by atoms with van der Waals surface area (Å²) >= 11 is 11.7. The largest absolute Gasteiger partial charge is 0.469 e. The van der Waals surface area contributed by atoms with Gasteiger partial charge in [-0.2, -0.15) is 0 Å². The number of carbonyl (C=O) groups is 2. The normalized spacial score (nSPS) is 11.3. The van der Waals surface area contributed by atoms with Crippen LogP contribution in [0.2, 0.25) is 10.0 Å². The van der Waals surface area contributed by atoms with Crippen molar-refractivity contribution >= 4 is 57.7 Å². The van der Waals surface area contributed by atoms with Crippen LogP contribution in [0.25, 0.3) is 11.1 Å². The van der Waals surface area contributed by atoms with E-state index in [1.807, 2.05) is 32.1 Å². The van der Waals surface area contributed by atoms with Gasteiger partial charge in [-0.25, -0.2) is 4.79 Å². The zero-order valence-electron chi connectivity index (χ0n) is 18.6. The van der Waals surface area contributed by atoms with Gasteiger partial charge in [-0.3, -0.25) is 4.79 Å². The number of rotatable bonds is 6. The van der Waals surface area contributed by atoms with Gasteiger partial charge in [0.05, 0.1) is 42.1 Å². The van der Waals surface area contributed by atoms with E-state index < -0.39 is 0 Å². The van der Waals surface area contributed by atoms with Crippen molar-refractivity contribution in [2.24, 2.45) is 0 Å². The molecule has 0 saturated carbocycles. The van der Waals surface area contributed by atoms with E-state index in [4.69, 9.17) is 34.7 Å². The fraction of sp³-hybridized carbons (Fsp3) is 0.250. The van der Waals surface area contributed by atoms with E-state index in [1.54, 1.807) is 24.3 Å². The van der Waals surface area contributed by atoms with E-state index in [0.717, 1.165) is 28.7 Å². The highest BCUT2D eigenvalue weighted by atomic mass is 35.5. The molecule has 0 aliphatic heterocycles. The second kappa shape index (κ2) is 13.5. The van der Waals surface area contributed by atoms with E-state index in [9.17, 15) is 9.59 Å². The monoisotopic (exact) mass is 478 g/mol. The number of halogens is 2. The third-order valence-corrected chi connectivity index (χ3v) is 5.21. The smallest absolute Gasteiger partial charge is 0.330 e. The Labute approximate surface area is 198 Å². The van der Waals surface area contributed by atoms with Crippen molar-refractivity contribution in [3.63, 3.8) is 0 Å². The van der Waals surface area contributed by atoms with Crippen LogP contribution in [-0.2, 0) is 19.1 Å². The van der Waals surface area contributed by atoms with Gasteiger partial charge in [-0.05, 0) is 59.9 Å². The molecule has 0 unspecified atom stereocenters. The molecule has 2 aromatic carbocycles. The molecule has 2 rings (SSSR count). The van der Waals surface area contributed by atoms with Crippen LogP contribution in [0.1, 0.15) is 37.8 Å². The number of hydrogen-bond donors (Lipinski definition) is 2. The Hall–Kier alpha value is -2.96. The third kappa shape index (κ3) is 8.29. The highest BCUT2D eigenvalue weighted by Crippen LogP contribution is 2.26. The molecular formula is C24H28Cl2N2O4. The van der Waals surface area contributed by atoms with Crippen LogP contribution < -0.4 is 11.5 Å². The van der Waals surface area contributed by atoms with Crippen LogP contribution in [-0.4, -0.2) is 26.2 Å². The number of hydrogen-bond acceptors (Lipinski definition) is 6. The quantitative estimate of drug-likeness (QED) is 0.309. The lowest BCUT2D eigenvalue weighted by Gasteiger charge is -2.07. The molecule has 0 saturated heterocycles. The molecule has 0 fully saturated rings. The molecule has 0 spiro atoms. The summed E-state index contributed by atoms with van der Waals surface area (Å²) in [6.45, 7) is 3.82. The summed E-state index contributed by atoms with van der Waals surface area (Å²) in [4.78, 5) is 22.3. The van der Waals surface area contributed by atoms with Crippen LogP contribution in [0.5, 0.6) is 0 Å². The summed E-state index contributed by atoms with van der Waals surface area (Å²) in [5.74, 6) is -0.646. The summed E-state index contributed by atoms with van der Waals surface area (Å²) in [7, 11) is 2.72. The highest BCUT2D eigenvalue weighted by Gasteiger charge is 2.09. The zero-order valence-corrected chi connectivity index (χ0v) is 20.1. The van der Waals surface area contributed by atoms with Gasteiger partial charge in [0.2, 0.25) is 0 Å². The average Bonchev–Trinajstić information content (AvgIpc) is 2.79. The summed E-state index contributed by atoms with van der Waals surface area (Å²) in [6, 6.07) is 10.6. The van der Waals surface area contributed by atoms with Crippen molar-refractivity contribution in [2.75, 3.05) is 25.7 Å². The van der Waals surface area contributed by atoms with Gasteiger partial charge >= 0.3 is 11.9 Å². The molecule has 172 valence electrons. The summed E-state index contributed by atoms with van der Waals surface area (Å²) in [5.41, 5.74) is 15.9. The molecular weight excluding hydrogens is 451 g/mol. The van der Waals surface area contributed by atoms with Crippen LogP contribution in [0.3, 0.4) is 0 Å². The number of anilines is 2. The van der Waals surface area contributed by atoms with Gasteiger partial charge in [0, 0.05) is 6.08 Å². The van der Waals surface area contributed by atoms with E-state index in [2.05, 4.69) is 9.47 Å². The van der Waals surface area contributed by atoms with Crippen molar-refractivity contribution in [3.05, 3.63) is 69.7 Å². The highest BCUT2D eigenvalue weighted by molar-refractivity contribution is 6.33. The molecule has 32 heavy (non-hydrogen) atoms. The van der Waals surface area contributed by atoms with Crippen LogP contribution in [0, 0.1) is 0 Å². The Morgan fingerprint density at radius 1 is 0.906 bits per heavy atom. The van der Waals surface area contributed by atoms with Gasteiger partial charge in [-0.1, -0.05) is 48.3 Å². The molecule has 0 atom stereocenters. The minimum atomic E-state index is -0.370. The fourth-order valence-corrected chi connectivity index (χ4v) is 2.91. The van der Waals surface area contributed by atoms with Gasteiger partial charge in [-0.15, -0.1) is 0 Å². The Balaban J connectivity index is 0.000000320. The molecule has 0 aromatic heterocycles. The van der Waals surface area contributed by atoms with Gasteiger partial charge in [0.1, 0.15) is 0 Å². The van der Waals surface area contributed by atoms with Crippen molar-refractivity contribution in [1.82, 2.24) is 0 Å². The van der Waals surface area contributed by atoms with E-state index in [-0.39, 0.29) is 18.4 Å². The standard InChI is InChI=1S/2C12H14ClNO2/c2*1-3-8(7-12(15)16-2)9-4-5-10(13)11(14)6-9/h4-7H,3,14H2,1-2H3;3-6H,7,14H2,1-2H3. The lowest BCUT2D eigenvalue weighted by atomic mass is 10.0. The van der Waals surface area contributed by atoms with Crippen molar-refractivity contribution in [3.8, 4) is 0 Å². The molecule has 0 aliphatic rings. The molecule has 0 bridgehead atoms. The second-order valence-corrected chi connectivity index (χ2v) is 7.40. The van der Waals surface area contributed by atoms with E-state index in [0.29, 0.717) is 21.4 Å². The first kappa shape index (κ1) is 27.1. The molecule has 8 heteroatoms. The first-order chi connectivity index (χ1) is 15.2. The predicted molar refractivity (Wildman–Crippen MR) is 132 cm³/mol. The van der Waals surface area contributed by atoms with Gasteiger partial charge in [0.15, 0.2) is 0 Å². The maximum atomic E-state index is 11.2. The maximum Gasteiger partial charge on any atom is 0.330 e. The van der Waals surface area contributed by atoms with Crippen molar-refractivity contribution in [1.29, 1.82) is 0 Å². The third-order valence-electron chi connectivity index (χ3n) is 4.52. The number of nitrogens with two attached hydrogens (primary N) is 2. The van der Waals surface area contributed by atoms with E-state index >= 15 is 0 Å². The predicted octanol–water partition coefficient (Wildman–Crippen LogP) is 5.78. The Bertz CT molecular complexity index is 1020. The number of esters is 2. The summed E-state index contributed by atoms with van der Waals surface area (Å²) in [6.07, 6.45) is 4.27. The van der Waals surface area contributed by atoms with Crippen LogP contribution in [0.4, 0.5) is 11.4 Å². The fourth-order valence-electron chi connectivity index (χ4n) is 2.68. The second-order valence-electron chi connectivity index (χ2n) is 6.59. The number of ether oxygens (including phenoxy) is 2. The van der Waals surface area contributed by atoms with Crippen LogP contribution in [0.15, 0.2) is 48.6 Å². The minimum absolute atomic E-state index is 0.230. The molecule has 0 amide bonds. The lowest BCUT2D eigenvalue weighted by molar-refractivity contribution is -0.139. The Morgan fingerprint density at radius 3 is 1.78 bits per heavy atom. The van der Waals surface area contributed by atoms with Crippen molar-refractivity contribution in [2.45, 2.75) is 26.7 Å². The number of nitrogen functional groups attached to an aromatic ring is 2. The first-order valence-corrected chi connectivity index (χ1v) is 10.5. The topological polar surface area (TPSA) is 105 Å². The minimum Gasteiger partial charge on any atom is -0.469 e. The van der Waals surface area contributed by atoms with Crippen LogP contribution >= 0.6 is 23.2 Å². The molecule has 2 aromatic rings. The number of allylic oxidation sites excluding steroid dienone is 2.